The van der Waals surface area contributed by atoms with Crippen LogP contribution in [0.15, 0.2) is 0 Å². The molecule has 0 fully saturated rings. The second-order valence-electron chi connectivity index (χ2n) is 2.38. The average molecular weight is 133 g/mol. The van der Waals surface area contributed by atoms with Gasteiger partial charge in [-0.3, -0.25) is 0 Å². The molecule has 2 atom stereocenters. The van der Waals surface area contributed by atoms with Crippen LogP contribution in [0.25, 0.3) is 0 Å². The number of aliphatic hydroxyl groups excluding tert-OH is 1. The first-order chi connectivity index (χ1) is 4.09. The highest BCUT2D eigenvalue weighted by Gasteiger charge is 2.16. The topological polar surface area (TPSA) is 66.5 Å². The molecular weight excluding hydrogens is 118 g/mol. The van der Waals surface area contributed by atoms with Crippen LogP contribution in [-0.4, -0.2) is 22.5 Å². The third kappa shape index (κ3) is 2.79. The highest BCUT2D eigenvalue weighted by molar-refractivity contribution is 4.68. The van der Waals surface area contributed by atoms with E-state index in [1.165, 1.54) is 0 Å². The van der Waals surface area contributed by atoms with E-state index in [2.05, 4.69) is 0 Å². The summed E-state index contributed by atoms with van der Waals surface area (Å²) in [5, 5.41) is 17.1. The molecule has 0 aromatic rings. The molecule has 0 spiro atoms. The van der Waals surface area contributed by atoms with Gasteiger partial charge in [-0.05, 0) is 5.92 Å². The molecule has 0 aliphatic heterocycles. The van der Waals surface area contributed by atoms with E-state index in [4.69, 9.17) is 15.9 Å². The van der Waals surface area contributed by atoms with Gasteiger partial charge >= 0.3 is 0 Å². The van der Waals surface area contributed by atoms with Crippen LogP contribution in [0, 0.1) is 5.92 Å². The summed E-state index contributed by atoms with van der Waals surface area (Å²) < 4.78 is 0. The molecule has 0 aromatic heterocycles. The van der Waals surface area contributed by atoms with Gasteiger partial charge in [-0.2, -0.15) is 0 Å². The fraction of sp³-hybridized carbons (Fsp3) is 1.00. The molecule has 0 aliphatic carbocycles. The molecule has 0 radical (unpaired) electrons. The number of rotatable bonds is 3. The van der Waals surface area contributed by atoms with Crippen molar-refractivity contribution in [3.05, 3.63) is 0 Å². The zero-order valence-electron chi connectivity index (χ0n) is 5.91. The quantitative estimate of drug-likeness (QED) is 0.462. The van der Waals surface area contributed by atoms with Crippen LogP contribution >= 0.6 is 0 Å². The lowest BCUT2D eigenvalue weighted by molar-refractivity contribution is -0.0694. The molecule has 3 heteroatoms. The van der Waals surface area contributed by atoms with Gasteiger partial charge in [0.05, 0.1) is 6.04 Å². The number of hydrogen-bond donors (Lipinski definition) is 3. The van der Waals surface area contributed by atoms with E-state index in [0.717, 1.165) is 6.42 Å². The second-order valence-corrected chi connectivity index (χ2v) is 2.38. The first-order valence-electron chi connectivity index (χ1n) is 3.21. The van der Waals surface area contributed by atoms with Crippen LogP contribution in [0.3, 0.4) is 0 Å². The standard InChI is InChI=1S/C6H15NO2/c1-3-4(2)5(7)6(8)9/h4-6,8-9H,3,7H2,1-2H3. The first-order valence-corrected chi connectivity index (χ1v) is 3.21. The fourth-order valence-corrected chi connectivity index (χ4v) is 0.566. The zero-order valence-corrected chi connectivity index (χ0v) is 5.91. The van der Waals surface area contributed by atoms with E-state index in [0.29, 0.717) is 0 Å². The number of hydrogen-bond acceptors (Lipinski definition) is 3. The lowest BCUT2D eigenvalue weighted by atomic mass is 10.00. The van der Waals surface area contributed by atoms with Gasteiger partial charge in [0, 0.05) is 0 Å². The smallest absolute Gasteiger partial charge is 0.167 e. The van der Waals surface area contributed by atoms with Crippen molar-refractivity contribution in [2.24, 2.45) is 11.7 Å². The van der Waals surface area contributed by atoms with Crippen molar-refractivity contribution < 1.29 is 10.2 Å². The molecule has 0 saturated carbocycles. The van der Waals surface area contributed by atoms with Gasteiger partial charge in [0.2, 0.25) is 0 Å². The van der Waals surface area contributed by atoms with E-state index < -0.39 is 12.3 Å². The maximum Gasteiger partial charge on any atom is 0.167 e. The fourth-order valence-electron chi connectivity index (χ4n) is 0.566. The molecule has 0 aromatic carbocycles. The maximum atomic E-state index is 8.55. The van der Waals surface area contributed by atoms with Gasteiger partial charge in [-0.1, -0.05) is 20.3 Å². The molecule has 0 heterocycles. The van der Waals surface area contributed by atoms with Crippen LogP contribution in [-0.2, 0) is 0 Å². The normalized spacial score (nSPS) is 18.0. The number of aliphatic hydroxyl groups is 2. The Bertz CT molecular complexity index is 75.5. The summed E-state index contributed by atoms with van der Waals surface area (Å²) in [4.78, 5) is 0. The molecule has 56 valence electrons. The van der Waals surface area contributed by atoms with Crippen molar-refractivity contribution in [2.75, 3.05) is 0 Å². The minimum absolute atomic E-state index is 0.171. The van der Waals surface area contributed by atoms with Gasteiger partial charge in [0.15, 0.2) is 6.29 Å². The Labute approximate surface area is 55.5 Å². The molecule has 3 nitrogen and oxygen atoms in total. The summed E-state index contributed by atoms with van der Waals surface area (Å²) in [5.74, 6) is 0.171. The Hall–Kier alpha value is -0.120. The summed E-state index contributed by atoms with van der Waals surface area (Å²) in [7, 11) is 0. The summed E-state index contributed by atoms with van der Waals surface area (Å²) in [6.07, 6.45) is -0.501. The van der Waals surface area contributed by atoms with Gasteiger partial charge in [-0.25, -0.2) is 0 Å². The van der Waals surface area contributed by atoms with E-state index in [1.807, 2.05) is 13.8 Å². The van der Waals surface area contributed by atoms with E-state index in [-0.39, 0.29) is 5.92 Å². The van der Waals surface area contributed by atoms with Crippen molar-refractivity contribution >= 4 is 0 Å². The average Bonchev–Trinajstić information content (AvgIpc) is 1.84. The largest absolute Gasteiger partial charge is 0.367 e. The molecule has 0 bridgehead atoms. The first kappa shape index (κ1) is 8.88. The van der Waals surface area contributed by atoms with Crippen LogP contribution in [0.1, 0.15) is 20.3 Å². The van der Waals surface area contributed by atoms with E-state index in [1.54, 1.807) is 0 Å². The lowest BCUT2D eigenvalue weighted by Crippen LogP contribution is -2.39. The van der Waals surface area contributed by atoms with Crippen molar-refractivity contribution in [1.82, 2.24) is 0 Å². The maximum absolute atomic E-state index is 8.55. The highest BCUT2D eigenvalue weighted by Crippen LogP contribution is 2.06. The van der Waals surface area contributed by atoms with Gasteiger partial charge in [0.1, 0.15) is 0 Å². The zero-order chi connectivity index (χ0) is 7.44. The summed E-state index contributed by atoms with van der Waals surface area (Å²) in [6, 6.07) is -0.505. The van der Waals surface area contributed by atoms with Crippen LogP contribution in [0.2, 0.25) is 0 Å². The molecule has 0 saturated heterocycles. The molecule has 4 N–H and O–H groups in total. The van der Waals surface area contributed by atoms with Crippen LogP contribution in [0.4, 0.5) is 0 Å². The third-order valence-corrected chi connectivity index (χ3v) is 1.65. The molecule has 9 heavy (non-hydrogen) atoms. The third-order valence-electron chi connectivity index (χ3n) is 1.65. The Morgan fingerprint density at radius 3 is 2.00 bits per heavy atom. The highest BCUT2D eigenvalue weighted by atomic mass is 16.5. The molecule has 2 unspecified atom stereocenters. The Kier molecular flexibility index (Phi) is 3.77. The Balaban J connectivity index is 3.58. The molecule has 0 rings (SSSR count). The molecule has 0 aliphatic rings. The summed E-state index contributed by atoms with van der Waals surface area (Å²) >= 11 is 0. The Morgan fingerprint density at radius 2 is 1.89 bits per heavy atom. The predicted octanol–water partition coefficient (Wildman–Crippen LogP) is -0.329. The predicted molar refractivity (Wildman–Crippen MR) is 35.7 cm³/mol. The van der Waals surface area contributed by atoms with Crippen LogP contribution < -0.4 is 5.73 Å². The summed E-state index contributed by atoms with van der Waals surface area (Å²) in [5.41, 5.74) is 5.37. The lowest BCUT2D eigenvalue weighted by Gasteiger charge is -2.19. The number of nitrogens with two attached hydrogens (primary N) is 1. The van der Waals surface area contributed by atoms with Gasteiger partial charge in [0.25, 0.3) is 0 Å². The van der Waals surface area contributed by atoms with Crippen molar-refractivity contribution in [3.63, 3.8) is 0 Å². The van der Waals surface area contributed by atoms with Crippen LogP contribution in [0.5, 0.6) is 0 Å². The van der Waals surface area contributed by atoms with Gasteiger partial charge in [-0.15, -0.1) is 0 Å². The molecule has 0 amide bonds. The minimum atomic E-state index is -1.38. The van der Waals surface area contributed by atoms with Crippen molar-refractivity contribution in [2.45, 2.75) is 32.6 Å². The van der Waals surface area contributed by atoms with E-state index in [9.17, 15) is 0 Å². The van der Waals surface area contributed by atoms with Crippen molar-refractivity contribution in [1.29, 1.82) is 0 Å². The second kappa shape index (κ2) is 3.82. The van der Waals surface area contributed by atoms with E-state index >= 15 is 0 Å². The Morgan fingerprint density at radius 1 is 1.44 bits per heavy atom. The van der Waals surface area contributed by atoms with Crippen molar-refractivity contribution in [3.8, 4) is 0 Å². The van der Waals surface area contributed by atoms with Gasteiger partial charge < -0.3 is 15.9 Å². The summed E-state index contributed by atoms with van der Waals surface area (Å²) in [6.45, 7) is 3.86. The monoisotopic (exact) mass is 133 g/mol. The molecular formula is C6H15NO2. The SMILES string of the molecule is CCC(C)C(N)C(O)O. The minimum Gasteiger partial charge on any atom is -0.367 e.